The predicted molar refractivity (Wildman–Crippen MR) is 40.3 cm³/mol. The standard InChI is InChI=1S/C7H13O6/c8-1-4-6(11)7(12)5(10)3(9)2-13-4/h2-12H,1H2/q+1/t3-,4+,5-,6+,7+/m0/s1. The summed E-state index contributed by atoms with van der Waals surface area (Å²) in [5.41, 5.74) is 0. The van der Waals surface area contributed by atoms with Crippen molar-refractivity contribution >= 4 is 0 Å². The zero-order valence-corrected chi connectivity index (χ0v) is 6.82. The summed E-state index contributed by atoms with van der Waals surface area (Å²) in [4.78, 5) is 0. The highest BCUT2D eigenvalue weighted by Gasteiger charge is 2.44. The van der Waals surface area contributed by atoms with E-state index in [1.165, 1.54) is 0 Å². The lowest BCUT2D eigenvalue weighted by atomic mass is 10.0. The molecule has 6 heteroatoms. The summed E-state index contributed by atoms with van der Waals surface area (Å²) in [7, 11) is 0. The summed E-state index contributed by atoms with van der Waals surface area (Å²) >= 11 is 0. The molecule has 0 aromatic heterocycles. The maximum absolute atomic E-state index is 9.28. The van der Waals surface area contributed by atoms with Crippen molar-refractivity contribution in [1.82, 2.24) is 0 Å². The van der Waals surface area contributed by atoms with Crippen molar-refractivity contribution in [1.29, 1.82) is 0 Å². The van der Waals surface area contributed by atoms with Crippen LogP contribution >= 0.6 is 0 Å². The van der Waals surface area contributed by atoms with Gasteiger partial charge in [0.05, 0.1) is 6.61 Å². The van der Waals surface area contributed by atoms with Gasteiger partial charge in [-0.2, -0.15) is 4.74 Å². The van der Waals surface area contributed by atoms with Crippen LogP contribution in [0.4, 0.5) is 0 Å². The van der Waals surface area contributed by atoms with Gasteiger partial charge in [-0.1, -0.05) is 0 Å². The van der Waals surface area contributed by atoms with Gasteiger partial charge in [-0.3, -0.25) is 0 Å². The monoisotopic (exact) mass is 193 g/mol. The van der Waals surface area contributed by atoms with Gasteiger partial charge in [0.25, 0.3) is 12.7 Å². The van der Waals surface area contributed by atoms with Crippen LogP contribution in [0.3, 0.4) is 0 Å². The molecule has 0 radical (unpaired) electrons. The topological polar surface area (TPSA) is 110 Å². The summed E-state index contributed by atoms with van der Waals surface area (Å²) in [6.45, 7) is 0.374. The molecular weight excluding hydrogens is 180 g/mol. The Bertz CT molecular complexity index is 161. The Kier molecular flexibility index (Phi) is 3.48. The molecule has 5 atom stereocenters. The van der Waals surface area contributed by atoms with Gasteiger partial charge in [0.2, 0.25) is 0 Å². The highest BCUT2D eigenvalue weighted by atomic mass is 16.5. The summed E-state index contributed by atoms with van der Waals surface area (Å²) in [5.74, 6) is 0. The van der Waals surface area contributed by atoms with E-state index in [0.29, 0.717) is 0 Å². The zero-order chi connectivity index (χ0) is 10.0. The minimum absolute atomic E-state index is 0.506. The minimum Gasteiger partial charge on any atom is -0.393 e. The molecule has 0 unspecified atom stereocenters. The quantitative estimate of drug-likeness (QED) is 0.284. The van der Waals surface area contributed by atoms with E-state index in [1.807, 2.05) is 0 Å². The summed E-state index contributed by atoms with van der Waals surface area (Å²) < 4.78 is 4.72. The average Bonchev–Trinajstić information content (AvgIpc) is 2.22. The molecule has 13 heavy (non-hydrogen) atoms. The van der Waals surface area contributed by atoms with Gasteiger partial charge < -0.3 is 25.5 Å². The first kappa shape index (κ1) is 10.7. The Morgan fingerprint density at radius 3 is 2.15 bits per heavy atom. The van der Waals surface area contributed by atoms with E-state index in [0.717, 1.165) is 6.61 Å². The molecule has 76 valence electrons. The maximum Gasteiger partial charge on any atom is 0.261 e. The highest BCUT2D eigenvalue weighted by molar-refractivity contribution is 4.92. The van der Waals surface area contributed by atoms with Gasteiger partial charge in [0, 0.05) is 0 Å². The number of rotatable bonds is 1. The molecular formula is C7H13O6+. The van der Waals surface area contributed by atoms with Crippen molar-refractivity contribution in [2.24, 2.45) is 0 Å². The molecule has 0 amide bonds. The smallest absolute Gasteiger partial charge is 0.261 e. The molecule has 1 heterocycles. The van der Waals surface area contributed by atoms with Crippen LogP contribution in [0.2, 0.25) is 0 Å². The molecule has 1 saturated heterocycles. The van der Waals surface area contributed by atoms with Crippen molar-refractivity contribution in [2.75, 3.05) is 6.61 Å². The third-order valence-electron chi connectivity index (χ3n) is 2.00. The number of hydrogen-bond acceptors (Lipinski definition) is 6. The summed E-state index contributed by atoms with van der Waals surface area (Å²) in [6.07, 6.45) is -6.87. The zero-order valence-electron chi connectivity index (χ0n) is 6.82. The SMILES string of the molecule is OC[C@H]1O[CH+][C@H](O)[C@H](O)[C@@H](O)[C@@H]1O. The summed E-state index contributed by atoms with van der Waals surface area (Å²) in [6, 6.07) is 0. The van der Waals surface area contributed by atoms with Crippen molar-refractivity contribution in [3.63, 3.8) is 0 Å². The largest absolute Gasteiger partial charge is 0.393 e. The van der Waals surface area contributed by atoms with Crippen LogP contribution in [0.15, 0.2) is 0 Å². The highest BCUT2D eigenvalue weighted by Crippen LogP contribution is 2.18. The van der Waals surface area contributed by atoms with Crippen LogP contribution in [0.25, 0.3) is 0 Å². The lowest BCUT2D eigenvalue weighted by Crippen LogP contribution is -2.46. The third kappa shape index (κ3) is 2.11. The molecule has 1 aliphatic heterocycles. The Labute approximate surface area is 75.0 Å². The van der Waals surface area contributed by atoms with Gasteiger partial charge in [0.1, 0.15) is 12.2 Å². The van der Waals surface area contributed by atoms with E-state index in [4.69, 9.17) is 20.1 Å². The fourth-order valence-corrected chi connectivity index (χ4v) is 1.12. The fraction of sp³-hybridized carbons (Fsp3) is 0.857. The second-order valence-corrected chi connectivity index (χ2v) is 2.96. The lowest BCUT2D eigenvalue weighted by Gasteiger charge is -2.21. The Balaban J connectivity index is 2.69. The van der Waals surface area contributed by atoms with Crippen LogP contribution in [0.1, 0.15) is 0 Å². The van der Waals surface area contributed by atoms with Gasteiger partial charge in [-0.05, 0) is 0 Å². The minimum atomic E-state index is -1.54. The Morgan fingerprint density at radius 2 is 1.62 bits per heavy atom. The predicted octanol–water partition coefficient (Wildman–Crippen LogP) is -3.02. The Hall–Kier alpha value is -0.370. The van der Waals surface area contributed by atoms with Crippen molar-refractivity contribution in [2.45, 2.75) is 30.5 Å². The fourth-order valence-electron chi connectivity index (χ4n) is 1.12. The number of hydrogen-bond donors (Lipinski definition) is 5. The molecule has 1 aliphatic rings. The van der Waals surface area contributed by atoms with Gasteiger partial charge in [0.15, 0.2) is 12.2 Å². The van der Waals surface area contributed by atoms with Crippen molar-refractivity contribution in [3.05, 3.63) is 6.61 Å². The second kappa shape index (κ2) is 4.23. The van der Waals surface area contributed by atoms with Gasteiger partial charge >= 0.3 is 0 Å². The van der Waals surface area contributed by atoms with Gasteiger partial charge in [-0.15, -0.1) is 0 Å². The summed E-state index contributed by atoms with van der Waals surface area (Å²) in [5, 5.41) is 45.4. The first-order chi connectivity index (χ1) is 6.07. The molecule has 0 spiro atoms. The molecule has 6 nitrogen and oxygen atoms in total. The average molecular weight is 193 g/mol. The van der Waals surface area contributed by atoms with E-state index in [2.05, 4.69) is 0 Å². The molecule has 0 aromatic carbocycles. The van der Waals surface area contributed by atoms with E-state index in [-0.39, 0.29) is 0 Å². The van der Waals surface area contributed by atoms with Crippen LogP contribution in [0.5, 0.6) is 0 Å². The lowest BCUT2D eigenvalue weighted by molar-refractivity contribution is -0.108. The number of ether oxygens (including phenoxy) is 1. The Morgan fingerprint density at radius 1 is 1.00 bits per heavy atom. The molecule has 1 fully saturated rings. The van der Waals surface area contributed by atoms with Crippen LogP contribution in [-0.4, -0.2) is 62.7 Å². The molecule has 0 aromatic rings. The van der Waals surface area contributed by atoms with Gasteiger partial charge in [-0.25, -0.2) is 0 Å². The van der Waals surface area contributed by atoms with Crippen molar-refractivity contribution < 1.29 is 30.3 Å². The van der Waals surface area contributed by atoms with E-state index >= 15 is 0 Å². The molecule has 5 N–H and O–H groups in total. The maximum atomic E-state index is 9.28. The van der Waals surface area contributed by atoms with E-state index < -0.39 is 37.1 Å². The second-order valence-electron chi connectivity index (χ2n) is 2.96. The first-order valence-corrected chi connectivity index (χ1v) is 3.90. The van der Waals surface area contributed by atoms with E-state index in [9.17, 15) is 10.2 Å². The molecule has 1 rings (SSSR count). The van der Waals surface area contributed by atoms with E-state index in [1.54, 1.807) is 0 Å². The van der Waals surface area contributed by atoms with Crippen molar-refractivity contribution in [3.8, 4) is 0 Å². The third-order valence-corrected chi connectivity index (χ3v) is 2.00. The number of aliphatic hydroxyl groups excluding tert-OH is 5. The molecule has 0 bridgehead atoms. The molecule has 0 saturated carbocycles. The van der Waals surface area contributed by atoms with Crippen LogP contribution < -0.4 is 0 Å². The van der Waals surface area contributed by atoms with Crippen LogP contribution in [-0.2, 0) is 4.74 Å². The first-order valence-electron chi connectivity index (χ1n) is 3.90. The number of aliphatic hydroxyl groups is 5. The van der Waals surface area contributed by atoms with Crippen LogP contribution in [0, 0.1) is 6.61 Å². The normalized spacial score (nSPS) is 46.7. The molecule has 0 aliphatic carbocycles.